The number of ether oxygens (including phenoxy) is 1. The van der Waals surface area contributed by atoms with E-state index in [1.165, 1.54) is 12.1 Å². The summed E-state index contributed by atoms with van der Waals surface area (Å²) >= 11 is 8.81. The van der Waals surface area contributed by atoms with Gasteiger partial charge in [0.05, 0.1) is 26.8 Å². The normalized spacial score (nSPS) is 33.6. The summed E-state index contributed by atoms with van der Waals surface area (Å²) in [6.45, 7) is -0.216. The Hall–Kier alpha value is -1.63. The van der Waals surface area contributed by atoms with E-state index in [1.54, 1.807) is 23.5 Å². The van der Waals surface area contributed by atoms with E-state index in [-0.39, 0.29) is 56.0 Å². The number of amides is 2. The van der Waals surface area contributed by atoms with Crippen LogP contribution in [-0.2, 0) is 9.59 Å². The number of benzene rings is 1. The molecule has 4 aliphatic rings. The van der Waals surface area contributed by atoms with Gasteiger partial charge in [-0.1, -0.05) is 11.6 Å². The van der Waals surface area contributed by atoms with Gasteiger partial charge in [-0.3, -0.25) is 9.59 Å². The van der Waals surface area contributed by atoms with Gasteiger partial charge in [0.15, 0.2) is 6.61 Å². The molecule has 5 rings (SSSR count). The second kappa shape index (κ2) is 8.13. The molecular weight excluding hydrogens is 449 g/mol. The minimum Gasteiger partial charge on any atom is -0.484 e. The average molecular weight is 470 g/mol. The van der Waals surface area contributed by atoms with Crippen molar-refractivity contribution >= 4 is 46.9 Å². The van der Waals surface area contributed by atoms with E-state index in [2.05, 4.69) is 16.7 Å². The van der Waals surface area contributed by atoms with Crippen molar-refractivity contribution in [2.45, 2.75) is 46.6 Å². The fraction of sp³-hybridized carbons (Fsp3) is 0.550. The fourth-order valence-corrected chi connectivity index (χ4v) is 7.25. The van der Waals surface area contributed by atoms with Crippen LogP contribution in [0.2, 0.25) is 5.02 Å². The Labute approximate surface area is 187 Å². The minimum atomic E-state index is -0.600. The number of rotatable bonds is 7. The third kappa shape index (κ3) is 4.10. The van der Waals surface area contributed by atoms with Gasteiger partial charge in [0.2, 0.25) is 5.91 Å². The first-order valence-corrected chi connectivity index (χ1v) is 12.2. The Balaban J connectivity index is 1.21. The highest BCUT2D eigenvalue weighted by Gasteiger charge is 2.69. The molecule has 30 heavy (non-hydrogen) atoms. The van der Waals surface area contributed by atoms with E-state index in [4.69, 9.17) is 16.3 Å². The molecule has 2 N–H and O–H groups in total. The van der Waals surface area contributed by atoms with Crippen LogP contribution in [0.25, 0.3) is 0 Å². The van der Waals surface area contributed by atoms with Gasteiger partial charge in [0.1, 0.15) is 11.6 Å². The van der Waals surface area contributed by atoms with Gasteiger partial charge in [-0.2, -0.15) is 5.26 Å². The quantitative estimate of drug-likeness (QED) is 0.637. The van der Waals surface area contributed by atoms with Crippen molar-refractivity contribution in [3.05, 3.63) is 29.0 Å². The van der Waals surface area contributed by atoms with E-state index in [1.807, 2.05) is 6.26 Å². The Kier molecular flexibility index (Phi) is 5.86. The number of halogens is 2. The van der Waals surface area contributed by atoms with E-state index in [0.29, 0.717) is 25.7 Å². The zero-order chi connectivity index (χ0) is 21.5. The summed E-state index contributed by atoms with van der Waals surface area (Å²) in [5, 5.41) is 15.2. The molecule has 160 valence electrons. The minimum absolute atomic E-state index is 0.00358. The molecule has 2 amide bonds. The van der Waals surface area contributed by atoms with E-state index in [9.17, 15) is 19.2 Å². The molecule has 3 aliphatic carbocycles. The molecule has 10 heteroatoms. The molecule has 1 aromatic rings. The van der Waals surface area contributed by atoms with Crippen LogP contribution >= 0.6 is 35.1 Å². The van der Waals surface area contributed by atoms with Crippen LogP contribution in [0.4, 0.5) is 4.39 Å². The number of nitriles is 1. The lowest BCUT2D eigenvalue weighted by molar-refractivity contribution is -0.150. The van der Waals surface area contributed by atoms with Gasteiger partial charge in [-0.25, -0.2) is 4.39 Å². The zero-order valence-corrected chi connectivity index (χ0v) is 18.6. The molecule has 1 aromatic carbocycles. The Morgan fingerprint density at radius 1 is 1.37 bits per heavy atom. The summed E-state index contributed by atoms with van der Waals surface area (Å²) < 4.78 is 18.9. The summed E-state index contributed by atoms with van der Waals surface area (Å²) in [4.78, 5) is 24.8. The number of nitrogens with zero attached hydrogens (tertiary/aromatic N) is 1. The van der Waals surface area contributed by atoms with Crippen molar-refractivity contribution in [1.29, 1.82) is 5.26 Å². The van der Waals surface area contributed by atoms with Gasteiger partial charge in [0.25, 0.3) is 5.91 Å². The van der Waals surface area contributed by atoms with Crippen molar-refractivity contribution in [2.24, 2.45) is 5.92 Å². The van der Waals surface area contributed by atoms with Crippen LogP contribution in [0.15, 0.2) is 18.2 Å². The van der Waals surface area contributed by atoms with Gasteiger partial charge < -0.3 is 15.4 Å². The smallest absolute Gasteiger partial charge is 0.258 e. The molecule has 0 radical (unpaired) electrons. The molecule has 0 spiro atoms. The molecule has 3 atom stereocenters. The summed E-state index contributed by atoms with van der Waals surface area (Å²) in [5.74, 6) is -0.757. The monoisotopic (exact) mass is 469 g/mol. The molecule has 3 saturated carbocycles. The van der Waals surface area contributed by atoms with Crippen molar-refractivity contribution in [2.75, 3.05) is 12.9 Å². The van der Waals surface area contributed by atoms with Gasteiger partial charge >= 0.3 is 0 Å². The van der Waals surface area contributed by atoms with E-state index in [0.717, 1.165) is 6.07 Å². The SMILES string of the molecule is CSC1SC(C(=O)NC23CC(NC(=O)COc4ccc(Cl)c(F)c4)(C2)C3)CC1C#N. The number of thioether (sulfide) groups is 2. The maximum absolute atomic E-state index is 13.4. The maximum atomic E-state index is 13.4. The van der Waals surface area contributed by atoms with Gasteiger partial charge in [0, 0.05) is 17.1 Å². The summed E-state index contributed by atoms with van der Waals surface area (Å²) in [6, 6.07) is 6.32. The Morgan fingerprint density at radius 3 is 2.67 bits per heavy atom. The molecule has 2 bridgehead atoms. The van der Waals surface area contributed by atoms with Gasteiger partial charge in [-0.05, 0) is 44.1 Å². The van der Waals surface area contributed by atoms with Crippen molar-refractivity contribution in [3.8, 4) is 11.8 Å². The number of carbonyl (C=O) groups excluding carboxylic acids is 2. The van der Waals surface area contributed by atoms with Crippen LogP contribution in [0, 0.1) is 23.1 Å². The number of hydrogen-bond donors (Lipinski definition) is 2. The van der Waals surface area contributed by atoms with Crippen LogP contribution in [-0.4, -0.2) is 45.6 Å². The van der Waals surface area contributed by atoms with E-state index < -0.39 is 5.82 Å². The second-order valence-corrected chi connectivity index (χ2v) is 11.2. The third-order valence-corrected chi connectivity index (χ3v) is 9.21. The van der Waals surface area contributed by atoms with Crippen LogP contribution in [0.1, 0.15) is 25.7 Å². The predicted octanol–water partition coefficient (Wildman–Crippen LogP) is 3.10. The van der Waals surface area contributed by atoms with Crippen LogP contribution < -0.4 is 15.4 Å². The highest BCUT2D eigenvalue weighted by atomic mass is 35.5. The zero-order valence-electron chi connectivity index (χ0n) is 16.2. The maximum Gasteiger partial charge on any atom is 0.258 e. The Morgan fingerprint density at radius 2 is 2.07 bits per heavy atom. The molecule has 6 nitrogen and oxygen atoms in total. The molecular formula is C20H21ClFN3O3S2. The molecule has 3 unspecified atom stereocenters. The van der Waals surface area contributed by atoms with Crippen LogP contribution in [0.3, 0.4) is 0 Å². The summed E-state index contributed by atoms with van der Waals surface area (Å²) in [5.41, 5.74) is -0.538. The first-order chi connectivity index (χ1) is 14.3. The first kappa shape index (κ1) is 21.6. The average Bonchev–Trinajstić information content (AvgIpc) is 3.10. The Bertz CT molecular complexity index is 905. The highest BCUT2D eigenvalue weighted by molar-refractivity contribution is 8.17. The largest absolute Gasteiger partial charge is 0.484 e. The van der Waals surface area contributed by atoms with E-state index >= 15 is 0 Å². The highest BCUT2D eigenvalue weighted by Crippen LogP contribution is 2.60. The molecule has 1 heterocycles. The van der Waals surface area contributed by atoms with Crippen molar-refractivity contribution in [3.63, 3.8) is 0 Å². The third-order valence-electron chi connectivity index (χ3n) is 5.87. The van der Waals surface area contributed by atoms with Crippen molar-refractivity contribution < 1.29 is 18.7 Å². The number of hydrogen-bond acceptors (Lipinski definition) is 6. The van der Waals surface area contributed by atoms with Crippen molar-refractivity contribution in [1.82, 2.24) is 10.6 Å². The molecule has 1 saturated heterocycles. The molecule has 0 aromatic heterocycles. The fourth-order valence-electron chi connectivity index (χ4n) is 4.60. The predicted molar refractivity (Wildman–Crippen MR) is 115 cm³/mol. The summed E-state index contributed by atoms with van der Waals surface area (Å²) in [7, 11) is 0. The van der Waals surface area contributed by atoms with Gasteiger partial charge in [-0.15, -0.1) is 23.5 Å². The standard InChI is InChI=1S/C20H21ClFN3O3S2/c1-29-18-11(6-23)4-15(30-18)17(27)25-20-8-19(9-20,10-20)24-16(26)7-28-12-2-3-13(21)14(22)5-12/h2-3,5,11,15,18H,4,7-10H2,1H3,(H,24,26)(H,25,27). The van der Waals surface area contributed by atoms with Crippen LogP contribution in [0.5, 0.6) is 5.75 Å². The topological polar surface area (TPSA) is 91.2 Å². The first-order valence-electron chi connectivity index (χ1n) is 9.56. The second-order valence-electron chi connectivity index (χ2n) is 8.19. The lowest BCUT2D eigenvalue weighted by Crippen LogP contribution is -2.84. The lowest BCUT2D eigenvalue weighted by Gasteiger charge is -2.70. The lowest BCUT2D eigenvalue weighted by atomic mass is 9.44. The number of nitrogens with one attached hydrogen (secondary N) is 2. The number of carbonyl (C=O) groups is 2. The summed E-state index contributed by atoms with van der Waals surface area (Å²) in [6.07, 6.45) is 4.62. The molecule has 4 fully saturated rings. The molecule has 1 aliphatic heterocycles.